The summed E-state index contributed by atoms with van der Waals surface area (Å²) in [6.45, 7) is 18.8. The molecule has 140 valence electrons. The maximum absolute atomic E-state index is 11.3. The maximum atomic E-state index is 11.3. The Morgan fingerprint density at radius 2 is 1.16 bits per heavy atom. The van der Waals surface area contributed by atoms with Gasteiger partial charge in [0.1, 0.15) is 11.2 Å². The zero-order valence-electron chi connectivity index (χ0n) is 15.4. The van der Waals surface area contributed by atoms with Crippen LogP contribution in [-0.2, 0) is 23.8 Å². The van der Waals surface area contributed by atoms with Crippen molar-refractivity contribution in [2.75, 3.05) is 13.2 Å². The molecule has 0 bridgehead atoms. The van der Waals surface area contributed by atoms with Crippen LogP contribution < -0.4 is 0 Å². The van der Waals surface area contributed by atoms with E-state index in [1.807, 2.05) is 0 Å². The van der Waals surface area contributed by atoms with Gasteiger partial charge >= 0.3 is 11.9 Å². The van der Waals surface area contributed by atoms with E-state index in [1.54, 1.807) is 26.0 Å². The molecule has 0 aliphatic carbocycles. The predicted octanol–water partition coefficient (Wildman–Crippen LogP) is 3.91. The molecule has 0 fully saturated rings. The fourth-order valence-corrected chi connectivity index (χ4v) is 2.08. The zero-order chi connectivity index (χ0) is 19.3. The van der Waals surface area contributed by atoms with Gasteiger partial charge in [-0.1, -0.05) is 26.3 Å². The van der Waals surface area contributed by atoms with Crippen LogP contribution in [0.4, 0.5) is 0 Å². The Morgan fingerprint density at radius 1 is 0.800 bits per heavy atom. The Kier molecular flexibility index (Phi) is 10.4. The molecule has 0 spiro atoms. The minimum absolute atomic E-state index is 0.471. The van der Waals surface area contributed by atoms with Crippen LogP contribution in [0.3, 0.4) is 0 Å². The highest BCUT2D eigenvalue weighted by Crippen LogP contribution is 2.21. The van der Waals surface area contributed by atoms with E-state index in [-0.39, 0.29) is 0 Å². The van der Waals surface area contributed by atoms with Crippen LogP contribution in [0.25, 0.3) is 0 Å². The van der Waals surface area contributed by atoms with Crippen LogP contribution in [0.15, 0.2) is 50.6 Å². The van der Waals surface area contributed by atoms with Crippen molar-refractivity contribution in [2.24, 2.45) is 0 Å². The zero-order valence-corrected chi connectivity index (χ0v) is 15.4. The third-order valence-corrected chi connectivity index (χ3v) is 3.79. The first kappa shape index (κ1) is 22.9. The number of rotatable bonds is 14. The molecular weight excluding hydrogens is 320 g/mol. The van der Waals surface area contributed by atoms with Crippen molar-refractivity contribution in [3.8, 4) is 0 Å². The largest absolute Gasteiger partial charge is 0.452 e. The molecule has 0 heterocycles. The van der Waals surface area contributed by atoms with Gasteiger partial charge in [0, 0.05) is 25.4 Å². The molecule has 0 aliphatic rings. The van der Waals surface area contributed by atoms with Gasteiger partial charge in [0.15, 0.2) is 0 Å². The third kappa shape index (κ3) is 9.67. The number of carbonyl (C=O) groups is 2. The molecule has 25 heavy (non-hydrogen) atoms. The quantitative estimate of drug-likeness (QED) is 0.206. The Balaban J connectivity index is 4.05. The first-order chi connectivity index (χ1) is 11.7. The van der Waals surface area contributed by atoms with Gasteiger partial charge in [-0.2, -0.15) is 0 Å². The van der Waals surface area contributed by atoms with E-state index in [2.05, 4.69) is 26.3 Å². The van der Waals surface area contributed by atoms with Crippen LogP contribution in [0, 0.1) is 0 Å². The number of hydrogen-bond acceptors (Lipinski definition) is 5. The normalized spacial score (nSPS) is 15.1. The van der Waals surface area contributed by atoms with E-state index < -0.39 is 23.1 Å². The van der Waals surface area contributed by atoms with E-state index in [0.717, 1.165) is 25.0 Å². The molecule has 0 saturated carbocycles. The second-order valence-corrected chi connectivity index (χ2v) is 6.10. The summed E-state index contributed by atoms with van der Waals surface area (Å²) in [6, 6.07) is 0. The summed E-state index contributed by atoms with van der Waals surface area (Å²) in [5.41, 5.74) is -1.45. The summed E-state index contributed by atoms with van der Waals surface area (Å²) in [7, 11) is 0. The first-order valence-electron chi connectivity index (χ1n) is 8.30. The molecular formula is C20H30O5. The Bertz CT molecular complexity index is 452. The van der Waals surface area contributed by atoms with Gasteiger partial charge < -0.3 is 14.2 Å². The lowest BCUT2D eigenvalue weighted by atomic mass is 10.00. The van der Waals surface area contributed by atoms with Crippen molar-refractivity contribution in [1.29, 1.82) is 0 Å². The van der Waals surface area contributed by atoms with E-state index in [1.165, 1.54) is 0 Å². The van der Waals surface area contributed by atoms with Gasteiger partial charge in [-0.25, -0.2) is 9.59 Å². The van der Waals surface area contributed by atoms with Crippen LogP contribution >= 0.6 is 0 Å². The van der Waals surface area contributed by atoms with Gasteiger partial charge in [0.05, 0.1) is 0 Å². The average molecular weight is 350 g/mol. The molecule has 0 aromatic heterocycles. The molecule has 2 unspecified atom stereocenters. The summed E-state index contributed by atoms with van der Waals surface area (Å²) in [5, 5.41) is 0. The molecule has 2 atom stereocenters. The molecule has 0 saturated heterocycles. The minimum atomic E-state index is -0.727. The van der Waals surface area contributed by atoms with Crippen molar-refractivity contribution in [1.82, 2.24) is 0 Å². The third-order valence-electron chi connectivity index (χ3n) is 3.79. The van der Waals surface area contributed by atoms with Crippen molar-refractivity contribution < 1.29 is 23.8 Å². The molecule has 0 amide bonds. The number of esters is 2. The molecule has 5 nitrogen and oxygen atoms in total. The van der Waals surface area contributed by atoms with Crippen LogP contribution in [0.5, 0.6) is 0 Å². The second-order valence-electron chi connectivity index (χ2n) is 6.10. The van der Waals surface area contributed by atoms with E-state index in [9.17, 15) is 9.59 Å². The lowest BCUT2D eigenvalue weighted by molar-refractivity contribution is -0.149. The monoisotopic (exact) mass is 350 g/mol. The topological polar surface area (TPSA) is 61.8 Å². The molecule has 0 N–H and O–H groups in total. The lowest BCUT2D eigenvalue weighted by Gasteiger charge is -2.26. The van der Waals surface area contributed by atoms with Crippen molar-refractivity contribution >= 4 is 11.9 Å². The summed E-state index contributed by atoms with van der Waals surface area (Å²) in [6.07, 6.45) is 8.14. The fraction of sp³-hybridized carbons (Fsp3) is 0.500. The SMILES string of the molecule is C=CC(=O)OC(C)(C=C)CCCOCCCC(C)(C=C)OC(=O)C=C. The highest BCUT2D eigenvalue weighted by atomic mass is 16.6. The molecule has 0 rings (SSSR count). The Morgan fingerprint density at radius 3 is 1.44 bits per heavy atom. The molecule has 0 aromatic rings. The van der Waals surface area contributed by atoms with Gasteiger partial charge in [0.25, 0.3) is 0 Å². The summed E-state index contributed by atoms with van der Waals surface area (Å²) >= 11 is 0. The molecule has 0 aromatic carbocycles. The summed E-state index contributed by atoms with van der Waals surface area (Å²) in [4.78, 5) is 22.6. The van der Waals surface area contributed by atoms with Crippen molar-refractivity contribution in [3.05, 3.63) is 50.6 Å². The standard InChI is InChI=1S/C20H30O5/c1-7-17(21)24-19(5,9-3)13-11-15-23-16-12-14-20(6,10-4)25-18(22)8-2/h7-10H,1-4,11-16H2,5-6H3. The van der Waals surface area contributed by atoms with Crippen molar-refractivity contribution in [3.63, 3.8) is 0 Å². The first-order valence-corrected chi connectivity index (χ1v) is 8.30. The lowest BCUT2D eigenvalue weighted by Crippen LogP contribution is -2.29. The van der Waals surface area contributed by atoms with Gasteiger partial charge in [-0.05, 0) is 51.7 Å². The average Bonchev–Trinajstić information content (AvgIpc) is 2.60. The minimum Gasteiger partial charge on any atom is -0.452 e. The van der Waals surface area contributed by atoms with Crippen LogP contribution in [-0.4, -0.2) is 36.4 Å². The second kappa shape index (κ2) is 11.4. The molecule has 5 heteroatoms. The van der Waals surface area contributed by atoms with Crippen LogP contribution in [0.1, 0.15) is 39.5 Å². The molecule has 0 aliphatic heterocycles. The highest BCUT2D eigenvalue weighted by Gasteiger charge is 2.24. The van der Waals surface area contributed by atoms with E-state index in [0.29, 0.717) is 26.1 Å². The highest BCUT2D eigenvalue weighted by molar-refractivity contribution is 5.82. The van der Waals surface area contributed by atoms with Gasteiger partial charge in [0.2, 0.25) is 0 Å². The maximum Gasteiger partial charge on any atom is 0.331 e. The van der Waals surface area contributed by atoms with Gasteiger partial charge in [-0.15, -0.1) is 0 Å². The number of ether oxygens (including phenoxy) is 3. The van der Waals surface area contributed by atoms with Gasteiger partial charge in [-0.3, -0.25) is 0 Å². The van der Waals surface area contributed by atoms with Crippen LogP contribution in [0.2, 0.25) is 0 Å². The van der Waals surface area contributed by atoms with E-state index >= 15 is 0 Å². The number of hydrogen-bond donors (Lipinski definition) is 0. The molecule has 0 radical (unpaired) electrons. The summed E-state index contributed by atoms with van der Waals surface area (Å²) < 4.78 is 16.1. The predicted molar refractivity (Wildman–Crippen MR) is 99.1 cm³/mol. The van der Waals surface area contributed by atoms with E-state index in [4.69, 9.17) is 14.2 Å². The van der Waals surface area contributed by atoms with Crippen molar-refractivity contribution in [2.45, 2.75) is 50.7 Å². The Hall–Kier alpha value is -2.14. The fourth-order valence-electron chi connectivity index (χ4n) is 2.08. The number of carbonyl (C=O) groups excluding carboxylic acids is 2. The summed E-state index contributed by atoms with van der Waals surface area (Å²) in [5.74, 6) is -0.942. The Labute approximate surface area is 151 Å². The smallest absolute Gasteiger partial charge is 0.331 e.